The second-order valence-electron chi connectivity index (χ2n) is 16.1. The number of esters is 4. The summed E-state index contributed by atoms with van der Waals surface area (Å²) in [6.07, 6.45) is 21.8. The smallest absolute Gasteiger partial charge is 0.343 e. The monoisotopic (exact) mass is 890 g/mol. The van der Waals surface area contributed by atoms with Gasteiger partial charge in [-0.2, -0.15) is 0 Å². The number of rotatable bonds is 34. The van der Waals surface area contributed by atoms with E-state index >= 15 is 0 Å². The molecule has 0 heterocycles. The van der Waals surface area contributed by atoms with Gasteiger partial charge in [0.2, 0.25) is 0 Å². The van der Waals surface area contributed by atoms with Crippen LogP contribution in [-0.4, -0.2) is 50.3 Å². The van der Waals surface area contributed by atoms with Gasteiger partial charge in [-0.1, -0.05) is 116 Å². The lowest BCUT2D eigenvalue weighted by Crippen LogP contribution is -2.12. The molecule has 0 aliphatic heterocycles. The summed E-state index contributed by atoms with van der Waals surface area (Å²) in [4.78, 5) is 48.2. The molecule has 0 aromatic heterocycles. The van der Waals surface area contributed by atoms with Crippen molar-refractivity contribution in [1.82, 2.24) is 0 Å². The summed E-state index contributed by atoms with van der Waals surface area (Å²) in [6.45, 7) is 12.4. The summed E-state index contributed by atoms with van der Waals surface area (Å²) < 4.78 is 61.9. The van der Waals surface area contributed by atoms with Gasteiger partial charge in [-0.25, -0.2) is 28.0 Å². The summed E-state index contributed by atoms with van der Waals surface area (Å²) in [5.74, 6) is -4.73. The Morgan fingerprint density at radius 1 is 0.422 bits per heavy atom. The van der Waals surface area contributed by atoms with Gasteiger partial charge >= 0.3 is 23.9 Å². The fraction of sp³-hybridized carbons (Fsp3) is 0.500. The number of unbranched alkanes of at least 4 members (excludes halogenated alkanes) is 18. The van der Waals surface area contributed by atoms with E-state index in [2.05, 4.69) is 13.2 Å². The van der Waals surface area contributed by atoms with E-state index in [9.17, 15) is 28.0 Å². The Bertz CT molecular complexity index is 1750. The van der Waals surface area contributed by atoms with Crippen LogP contribution in [0.15, 0.2) is 85.0 Å². The Hall–Kier alpha value is -5.52. The minimum Gasteiger partial charge on any atom is -0.494 e. The standard InChI is InChI=1S/C52H68F2O10/c1-39(2)49(55)61-35-23-19-15-11-7-5-9-13-17-21-33-59-43-29-25-41(26-30-43)51(57)63-47-37-46(54)48(38-45(47)53)64-52(58)42-27-31-44(32-28-42)60-34-22-18-14-10-6-8-12-16-20-24-36-62-50(56)40(3)4/h25-32,37-38H,1,3,5-24,33-36H2,2,4H3. The van der Waals surface area contributed by atoms with Crippen LogP contribution in [0, 0.1) is 11.6 Å². The molecule has 64 heavy (non-hydrogen) atoms. The molecular formula is C52H68F2O10. The summed E-state index contributed by atoms with van der Waals surface area (Å²) in [6, 6.07) is 13.7. The molecule has 0 spiro atoms. The van der Waals surface area contributed by atoms with Crippen molar-refractivity contribution < 1.29 is 56.4 Å². The van der Waals surface area contributed by atoms with E-state index in [-0.39, 0.29) is 23.1 Å². The maximum absolute atomic E-state index is 14.9. The zero-order chi connectivity index (χ0) is 46.4. The molecule has 3 aromatic carbocycles. The van der Waals surface area contributed by atoms with Crippen LogP contribution in [-0.2, 0) is 19.1 Å². The van der Waals surface area contributed by atoms with Crippen molar-refractivity contribution in [2.75, 3.05) is 26.4 Å². The first-order chi connectivity index (χ1) is 30.9. The van der Waals surface area contributed by atoms with E-state index in [1.807, 2.05) is 0 Å². The molecule has 0 saturated carbocycles. The molecule has 0 aliphatic carbocycles. The molecule has 0 bridgehead atoms. The van der Waals surface area contributed by atoms with Gasteiger partial charge in [0.1, 0.15) is 11.5 Å². The molecular weight excluding hydrogens is 823 g/mol. The van der Waals surface area contributed by atoms with E-state index in [4.69, 9.17) is 28.4 Å². The van der Waals surface area contributed by atoms with Crippen LogP contribution in [0.2, 0.25) is 0 Å². The first-order valence-electron chi connectivity index (χ1n) is 23.0. The van der Waals surface area contributed by atoms with Crippen molar-refractivity contribution in [3.63, 3.8) is 0 Å². The fourth-order valence-corrected chi connectivity index (χ4v) is 6.55. The van der Waals surface area contributed by atoms with Crippen LogP contribution >= 0.6 is 0 Å². The molecule has 0 saturated heterocycles. The minimum atomic E-state index is -1.08. The van der Waals surface area contributed by atoms with Gasteiger partial charge in [0.15, 0.2) is 23.1 Å². The predicted octanol–water partition coefficient (Wildman–Crippen LogP) is 13.2. The number of halogens is 2. The molecule has 0 unspecified atom stereocenters. The van der Waals surface area contributed by atoms with E-state index in [0.29, 0.717) is 61.2 Å². The van der Waals surface area contributed by atoms with Crippen LogP contribution < -0.4 is 18.9 Å². The second-order valence-corrected chi connectivity index (χ2v) is 16.1. The fourth-order valence-electron chi connectivity index (χ4n) is 6.55. The minimum absolute atomic E-state index is 0.119. The first-order valence-corrected chi connectivity index (χ1v) is 23.0. The van der Waals surface area contributed by atoms with E-state index in [1.165, 1.54) is 75.6 Å². The number of hydrogen-bond donors (Lipinski definition) is 0. The summed E-state index contributed by atoms with van der Waals surface area (Å²) in [5.41, 5.74) is 1.10. The molecule has 0 radical (unpaired) electrons. The highest BCUT2D eigenvalue weighted by Crippen LogP contribution is 2.29. The number of carbonyl (C=O) groups is 4. The summed E-state index contributed by atoms with van der Waals surface area (Å²) in [5, 5.41) is 0. The quantitative estimate of drug-likeness (QED) is 0.0248. The molecule has 12 heteroatoms. The molecule has 0 N–H and O–H groups in total. The molecule has 0 fully saturated rings. The third kappa shape index (κ3) is 22.2. The van der Waals surface area contributed by atoms with Gasteiger partial charge in [0, 0.05) is 23.3 Å². The maximum Gasteiger partial charge on any atom is 0.343 e. The molecule has 350 valence electrons. The topological polar surface area (TPSA) is 124 Å². The molecule has 3 rings (SSSR count). The van der Waals surface area contributed by atoms with Crippen LogP contribution in [0.3, 0.4) is 0 Å². The lowest BCUT2D eigenvalue weighted by Gasteiger charge is -2.11. The van der Waals surface area contributed by atoms with Gasteiger partial charge in [0.05, 0.1) is 37.6 Å². The highest BCUT2D eigenvalue weighted by molar-refractivity contribution is 5.92. The zero-order valence-corrected chi connectivity index (χ0v) is 38.0. The van der Waals surface area contributed by atoms with E-state index in [1.54, 1.807) is 38.1 Å². The summed E-state index contributed by atoms with van der Waals surface area (Å²) in [7, 11) is 0. The number of benzene rings is 3. The third-order valence-corrected chi connectivity index (χ3v) is 10.3. The molecule has 0 amide bonds. The van der Waals surface area contributed by atoms with Crippen LogP contribution in [0.25, 0.3) is 0 Å². The van der Waals surface area contributed by atoms with Crippen LogP contribution in [0.5, 0.6) is 23.0 Å². The lowest BCUT2D eigenvalue weighted by atomic mass is 10.1. The van der Waals surface area contributed by atoms with Crippen molar-refractivity contribution in [2.24, 2.45) is 0 Å². The van der Waals surface area contributed by atoms with E-state index in [0.717, 1.165) is 77.0 Å². The Labute approximate surface area is 378 Å². The SMILES string of the molecule is C=C(C)C(=O)OCCCCCCCCCCCCOc1ccc(C(=O)Oc2cc(F)c(OC(=O)c3ccc(OCCCCCCCCCCCCOC(=O)C(=C)C)cc3)cc2F)cc1. The Morgan fingerprint density at radius 3 is 0.969 bits per heavy atom. The molecule has 0 atom stereocenters. The van der Waals surface area contributed by atoms with Gasteiger partial charge < -0.3 is 28.4 Å². The highest BCUT2D eigenvalue weighted by atomic mass is 19.1. The van der Waals surface area contributed by atoms with Gasteiger partial charge in [-0.15, -0.1) is 0 Å². The third-order valence-electron chi connectivity index (χ3n) is 10.3. The second kappa shape index (κ2) is 31.3. The molecule has 0 aliphatic rings. The van der Waals surface area contributed by atoms with Crippen molar-refractivity contribution in [3.8, 4) is 23.0 Å². The zero-order valence-electron chi connectivity index (χ0n) is 38.0. The van der Waals surface area contributed by atoms with Crippen molar-refractivity contribution in [2.45, 2.75) is 142 Å². The lowest BCUT2D eigenvalue weighted by molar-refractivity contribution is -0.139. The average Bonchev–Trinajstić information content (AvgIpc) is 3.28. The normalized spacial score (nSPS) is 10.8. The van der Waals surface area contributed by atoms with Crippen molar-refractivity contribution in [3.05, 3.63) is 108 Å². The summed E-state index contributed by atoms with van der Waals surface area (Å²) >= 11 is 0. The van der Waals surface area contributed by atoms with Gasteiger partial charge in [-0.05, 0) is 88.1 Å². The predicted molar refractivity (Wildman–Crippen MR) is 244 cm³/mol. The molecule has 3 aromatic rings. The Kier molecular flexibility index (Phi) is 25.9. The Morgan fingerprint density at radius 2 is 0.688 bits per heavy atom. The van der Waals surface area contributed by atoms with Crippen molar-refractivity contribution >= 4 is 23.9 Å². The van der Waals surface area contributed by atoms with Crippen LogP contribution in [0.4, 0.5) is 8.78 Å². The largest absolute Gasteiger partial charge is 0.494 e. The number of carbonyl (C=O) groups excluding carboxylic acids is 4. The number of hydrogen-bond acceptors (Lipinski definition) is 10. The highest BCUT2D eigenvalue weighted by Gasteiger charge is 2.19. The maximum atomic E-state index is 14.9. The van der Waals surface area contributed by atoms with Gasteiger partial charge in [-0.3, -0.25) is 0 Å². The molecule has 10 nitrogen and oxygen atoms in total. The van der Waals surface area contributed by atoms with Gasteiger partial charge in [0.25, 0.3) is 0 Å². The van der Waals surface area contributed by atoms with Crippen LogP contribution in [0.1, 0.15) is 163 Å². The Balaban J connectivity index is 1.24. The van der Waals surface area contributed by atoms with Crippen molar-refractivity contribution in [1.29, 1.82) is 0 Å². The van der Waals surface area contributed by atoms with E-state index < -0.39 is 35.1 Å². The first kappa shape index (κ1) is 52.8. The number of ether oxygens (including phenoxy) is 6. The average molecular weight is 891 g/mol.